The Morgan fingerprint density at radius 2 is 1.86 bits per heavy atom. The van der Waals surface area contributed by atoms with Gasteiger partial charge in [-0.15, -0.1) is 0 Å². The molecule has 0 unspecified atom stereocenters. The minimum absolute atomic E-state index is 0.113. The normalized spacial score (nSPS) is 9.93. The number of hydrogen-bond donors (Lipinski definition) is 2. The van der Waals surface area contributed by atoms with E-state index in [1.165, 1.54) is 0 Å². The van der Waals surface area contributed by atoms with Gasteiger partial charge < -0.3 is 11.1 Å². The summed E-state index contributed by atoms with van der Waals surface area (Å²) in [6.07, 6.45) is 0. The van der Waals surface area contributed by atoms with Gasteiger partial charge in [-0.25, -0.2) is 0 Å². The maximum Gasteiger partial charge on any atom is 0.251 e. The van der Waals surface area contributed by atoms with Gasteiger partial charge in [0.2, 0.25) is 0 Å². The zero-order chi connectivity index (χ0) is 10.6. The fraction of sp³-hybridized carbons (Fsp3) is 0.222. The summed E-state index contributed by atoms with van der Waals surface area (Å²) in [6, 6.07) is 5.40. The Kier molecular flexibility index (Phi) is 4.57. The smallest absolute Gasteiger partial charge is 0.251 e. The molecule has 3 nitrogen and oxygen atoms in total. The molecular formula is C9H10Br2N2O. The third-order valence-electron chi connectivity index (χ3n) is 1.55. The fourth-order valence-corrected chi connectivity index (χ4v) is 2.27. The van der Waals surface area contributed by atoms with E-state index >= 15 is 0 Å². The van der Waals surface area contributed by atoms with Crippen molar-refractivity contribution in [2.24, 2.45) is 5.73 Å². The van der Waals surface area contributed by atoms with Gasteiger partial charge in [-0.3, -0.25) is 4.79 Å². The van der Waals surface area contributed by atoms with Gasteiger partial charge >= 0.3 is 0 Å². The molecule has 0 aromatic heterocycles. The molecule has 0 aliphatic heterocycles. The van der Waals surface area contributed by atoms with Crippen molar-refractivity contribution in [2.45, 2.75) is 0 Å². The highest BCUT2D eigenvalue weighted by molar-refractivity contribution is 9.11. The number of nitrogens with two attached hydrogens (primary N) is 1. The van der Waals surface area contributed by atoms with Crippen molar-refractivity contribution in [1.82, 2.24) is 5.32 Å². The molecule has 0 atom stereocenters. The topological polar surface area (TPSA) is 55.1 Å². The van der Waals surface area contributed by atoms with E-state index in [2.05, 4.69) is 37.2 Å². The fourth-order valence-electron chi connectivity index (χ4n) is 0.973. The summed E-state index contributed by atoms with van der Waals surface area (Å²) in [5, 5.41) is 2.70. The van der Waals surface area contributed by atoms with E-state index in [-0.39, 0.29) is 5.91 Å². The van der Waals surface area contributed by atoms with Crippen LogP contribution in [0.3, 0.4) is 0 Å². The van der Waals surface area contributed by atoms with Crippen molar-refractivity contribution >= 4 is 37.8 Å². The molecule has 0 saturated carbocycles. The van der Waals surface area contributed by atoms with Crippen molar-refractivity contribution in [3.8, 4) is 0 Å². The van der Waals surface area contributed by atoms with Crippen LogP contribution in [0, 0.1) is 0 Å². The molecule has 1 aromatic carbocycles. The average molecular weight is 322 g/mol. The van der Waals surface area contributed by atoms with Crippen molar-refractivity contribution in [3.05, 3.63) is 32.7 Å². The van der Waals surface area contributed by atoms with Gasteiger partial charge in [-0.1, -0.05) is 31.9 Å². The number of hydrogen-bond acceptors (Lipinski definition) is 2. The summed E-state index contributed by atoms with van der Waals surface area (Å²) >= 11 is 6.63. The number of halogens is 2. The number of rotatable bonds is 3. The molecule has 0 spiro atoms. The van der Waals surface area contributed by atoms with Crippen molar-refractivity contribution in [1.29, 1.82) is 0 Å². The molecule has 1 aromatic rings. The SMILES string of the molecule is NCCNC(=O)c1cc(Br)cc(Br)c1. The van der Waals surface area contributed by atoms with Gasteiger partial charge in [0, 0.05) is 27.6 Å². The largest absolute Gasteiger partial charge is 0.351 e. The molecule has 3 N–H and O–H groups in total. The van der Waals surface area contributed by atoms with Crippen LogP contribution in [0.1, 0.15) is 10.4 Å². The van der Waals surface area contributed by atoms with Crippen molar-refractivity contribution in [2.75, 3.05) is 13.1 Å². The van der Waals surface area contributed by atoms with Crippen molar-refractivity contribution < 1.29 is 4.79 Å². The van der Waals surface area contributed by atoms with E-state index in [0.717, 1.165) is 8.95 Å². The Bertz CT molecular complexity index is 321. The summed E-state index contributed by atoms with van der Waals surface area (Å²) in [5.41, 5.74) is 5.89. The van der Waals surface area contributed by atoms with E-state index in [4.69, 9.17) is 5.73 Å². The predicted octanol–water partition coefficient (Wildman–Crippen LogP) is 1.90. The highest BCUT2D eigenvalue weighted by atomic mass is 79.9. The molecule has 0 aliphatic carbocycles. The Labute approximate surface area is 99.3 Å². The van der Waals surface area contributed by atoms with Crippen LogP contribution in [-0.2, 0) is 0 Å². The minimum atomic E-state index is -0.113. The number of benzene rings is 1. The summed E-state index contributed by atoms with van der Waals surface area (Å²) < 4.78 is 1.73. The molecule has 1 amide bonds. The predicted molar refractivity (Wildman–Crippen MR) is 63.2 cm³/mol. The molecule has 0 bridgehead atoms. The van der Waals surface area contributed by atoms with Crippen molar-refractivity contribution in [3.63, 3.8) is 0 Å². The van der Waals surface area contributed by atoms with Crippen LogP contribution in [0.5, 0.6) is 0 Å². The first kappa shape index (κ1) is 11.7. The molecule has 0 saturated heterocycles. The standard InChI is InChI=1S/C9H10Br2N2O/c10-7-3-6(4-8(11)5-7)9(14)13-2-1-12/h3-5H,1-2,12H2,(H,13,14). The Morgan fingerprint density at radius 1 is 1.29 bits per heavy atom. The molecule has 14 heavy (non-hydrogen) atoms. The van der Waals surface area contributed by atoms with Gasteiger partial charge in [-0.05, 0) is 18.2 Å². The highest BCUT2D eigenvalue weighted by Gasteiger charge is 2.05. The number of nitrogens with one attached hydrogen (secondary N) is 1. The van der Waals surface area contributed by atoms with Crippen LogP contribution in [0.15, 0.2) is 27.1 Å². The molecule has 5 heteroatoms. The Balaban J connectivity index is 2.79. The van der Waals surface area contributed by atoms with Crippen LogP contribution in [0.2, 0.25) is 0 Å². The van der Waals surface area contributed by atoms with Gasteiger partial charge in [0.25, 0.3) is 5.91 Å². The maximum absolute atomic E-state index is 11.5. The number of carbonyl (C=O) groups excluding carboxylic acids is 1. The Hall–Kier alpha value is -0.390. The molecule has 1 rings (SSSR count). The molecule has 0 fully saturated rings. The lowest BCUT2D eigenvalue weighted by atomic mass is 10.2. The van der Waals surface area contributed by atoms with Gasteiger partial charge in [-0.2, -0.15) is 0 Å². The molecule has 0 aliphatic rings. The van der Waals surface area contributed by atoms with E-state index in [1.807, 2.05) is 6.07 Å². The third kappa shape index (κ3) is 3.40. The molecule has 0 heterocycles. The second kappa shape index (κ2) is 5.48. The lowest BCUT2D eigenvalue weighted by Crippen LogP contribution is -2.28. The quantitative estimate of drug-likeness (QED) is 0.893. The average Bonchev–Trinajstić information content (AvgIpc) is 2.12. The lowest BCUT2D eigenvalue weighted by molar-refractivity contribution is 0.0954. The second-order valence-corrected chi connectivity index (χ2v) is 4.53. The van der Waals surface area contributed by atoms with Crippen LogP contribution >= 0.6 is 31.9 Å². The molecule has 76 valence electrons. The monoisotopic (exact) mass is 320 g/mol. The van der Waals surface area contributed by atoms with Crippen LogP contribution in [-0.4, -0.2) is 19.0 Å². The number of carbonyl (C=O) groups is 1. The van der Waals surface area contributed by atoms with Crippen LogP contribution in [0.4, 0.5) is 0 Å². The summed E-state index contributed by atoms with van der Waals surface area (Å²) in [4.78, 5) is 11.5. The second-order valence-electron chi connectivity index (χ2n) is 2.70. The van der Waals surface area contributed by atoms with E-state index in [9.17, 15) is 4.79 Å². The molecule has 0 radical (unpaired) electrons. The minimum Gasteiger partial charge on any atom is -0.351 e. The molecular weight excluding hydrogens is 312 g/mol. The zero-order valence-corrected chi connectivity index (χ0v) is 10.6. The highest BCUT2D eigenvalue weighted by Crippen LogP contribution is 2.19. The first-order chi connectivity index (χ1) is 6.63. The van der Waals surface area contributed by atoms with Gasteiger partial charge in [0.1, 0.15) is 0 Å². The number of amides is 1. The van der Waals surface area contributed by atoms with Crippen LogP contribution in [0.25, 0.3) is 0 Å². The summed E-state index contributed by atoms with van der Waals surface area (Å²) in [7, 11) is 0. The van der Waals surface area contributed by atoms with E-state index in [0.29, 0.717) is 18.7 Å². The Morgan fingerprint density at radius 3 is 2.36 bits per heavy atom. The first-order valence-corrected chi connectivity index (χ1v) is 5.66. The van der Waals surface area contributed by atoms with Crippen LogP contribution < -0.4 is 11.1 Å². The van der Waals surface area contributed by atoms with Gasteiger partial charge in [0.05, 0.1) is 0 Å². The van der Waals surface area contributed by atoms with E-state index in [1.54, 1.807) is 12.1 Å². The van der Waals surface area contributed by atoms with E-state index < -0.39 is 0 Å². The summed E-state index contributed by atoms with van der Waals surface area (Å²) in [6.45, 7) is 0.934. The first-order valence-electron chi connectivity index (χ1n) is 4.08. The van der Waals surface area contributed by atoms with Gasteiger partial charge in [0.15, 0.2) is 0 Å². The third-order valence-corrected chi connectivity index (χ3v) is 2.47. The zero-order valence-electron chi connectivity index (χ0n) is 7.39. The lowest BCUT2D eigenvalue weighted by Gasteiger charge is -2.04. The summed E-state index contributed by atoms with van der Waals surface area (Å²) in [5.74, 6) is -0.113. The maximum atomic E-state index is 11.5.